The lowest BCUT2D eigenvalue weighted by Crippen LogP contribution is -2.27. The summed E-state index contributed by atoms with van der Waals surface area (Å²) in [6.45, 7) is 3.22. The van der Waals surface area contributed by atoms with Gasteiger partial charge in [-0.3, -0.25) is 9.79 Å². The van der Waals surface area contributed by atoms with Crippen LogP contribution in [0.4, 0.5) is 0 Å². The summed E-state index contributed by atoms with van der Waals surface area (Å²) in [5, 5.41) is 8.67. The van der Waals surface area contributed by atoms with Crippen molar-refractivity contribution in [3.63, 3.8) is 0 Å². The Kier molecular flexibility index (Phi) is 6.30. The summed E-state index contributed by atoms with van der Waals surface area (Å²) in [6.07, 6.45) is 0.904. The van der Waals surface area contributed by atoms with Gasteiger partial charge in [0, 0.05) is 12.3 Å². The Morgan fingerprint density at radius 2 is 2.20 bits per heavy atom. The van der Waals surface area contributed by atoms with E-state index in [4.69, 9.17) is 11.0 Å². The Morgan fingerprint density at radius 1 is 1.60 bits per heavy atom. The summed E-state index contributed by atoms with van der Waals surface area (Å²) in [5.41, 5.74) is 5.55. The number of primary amides is 1. The van der Waals surface area contributed by atoms with Gasteiger partial charge in [-0.05, 0) is 34.0 Å². The van der Waals surface area contributed by atoms with Crippen LogP contribution >= 0.6 is 0 Å². The molecule has 15 heavy (non-hydrogen) atoms. The van der Waals surface area contributed by atoms with Crippen LogP contribution in [0.25, 0.3) is 0 Å². The Hall–Kier alpha value is -1.41. The van der Waals surface area contributed by atoms with Crippen LogP contribution in [0.5, 0.6) is 0 Å². The molecule has 5 heteroatoms. The van der Waals surface area contributed by atoms with E-state index in [2.05, 4.69) is 9.89 Å². The highest BCUT2D eigenvalue weighted by Gasteiger charge is 2.16. The van der Waals surface area contributed by atoms with E-state index in [1.54, 1.807) is 6.92 Å². The Balaban J connectivity index is 4.08. The summed E-state index contributed by atoms with van der Waals surface area (Å²) in [5.74, 6) is -1.52. The zero-order valence-electron chi connectivity index (χ0n) is 9.53. The Morgan fingerprint density at radius 3 is 2.60 bits per heavy atom. The molecule has 1 unspecified atom stereocenters. The molecule has 0 heterocycles. The Labute approximate surface area is 90.6 Å². The lowest BCUT2D eigenvalue weighted by Gasteiger charge is -2.08. The van der Waals surface area contributed by atoms with Crippen LogP contribution < -0.4 is 5.73 Å². The van der Waals surface area contributed by atoms with Crippen molar-refractivity contribution in [2.45, 2.75) is 13.3 Å². The number of nitriles is 1. The molecule has 0 rings (SSSR count). The predicted molar refractivity (Wildman–Crippen MR) is 59.4 cm³/mol. The number of aliphatic imine (C=N–C) groups is 1. The summed E-state index contributed by atoms with van der Waals surface area (Å²) in [6, 6.07) is 1.84. The SMILES string of the molecule is CC(=NCCCN(C)C)C(C#N)C(N)=O. The molecule has 0 aromatic carbocycles. The van der Waals surface area contributed by atoms with Crippen LogP contribution in [0.15, 0.2) is 4.99 Å². The number of rotatable bonds is 6. The van der Waals surface area contributed by atoms with E-state index in [1.807, 2.05) is 20.2 Å². The van der Waals surface area contributed by atoms with Crippen molar-refractivity contribution in [1.29, 1.82) is 5.26 Å². The van der Waals surface area contributed by atoms with Gasteiger partial charge >= 0.3 is 0 Å². The van der Waals surface area contributed by atoms with Crippen LogP contribution in [-0.2, 0) is 4.79 Å². The number of carbonyl (C=O) groups is 1. The summed E-state index contributed by atoms with van der Waals surface area (Å²) >= 11 is 0. The topological polar surface area (TPSA) is 82.5 Å². The summed E-state index contributed by atoms with van der Waals surface area (Å²) in [7, 11) is 3.97. The highest BCUT2D eigenvalue weighted by atomic mass is 16.1. The van der Waals surface area contributed by atoms with Crippen molar-refractivity contribution >= 4 is 11.6 Å². The van der Waals surface area contributed by atoms with Crippen LogP contribution in [0.2, 0.25) is 0 Å². The van der Waals surface area contributed by atoms with Gasteiger partial charge in [-0.2, -0.15) is 5.26 Å². The van der Waals surface area contributed by atoms with Crippen molar-refractivity contribution in [2.75, 3.05) is 27.2 Å². The van der Waals surface area contributed by atoms with Gasteiger partial charge in [-0.1, -0.05) is 0 Å². The molecule has 84 valence electrons. The maximum absolute atomic E-state index is 10.8. The van der Waals surface area contributed by atoms with Crippen molar-refractivity contribution in [2.24, 2.45) is 16.6 Å². The second-order valence-electron chi connectivity index (χ2n) is 3.64. The Bertz CT molecular complexity index is 278. The van der Waals surface area contributed by atoms with E-state index in [0.29, 0.717) is 12.3 Å². The lowest BCUT2D eigenvalue weighted by molar-refractivity contribution is -0.118. The number of hydrogen-bond acceptors (Lipinski definition) is 4. The molecule has 2 N–H and O–H groups in total. The average Bonchev–Trinajstić information content (AvgIpc) is 2.12. The zero-order chi connectivity index (χ0) is 11.8. The minimum Gasteiger partial charge on any atom is -0.368 e. The minimum absolute atomic E-state index is 0.503. The van der Waals surface area contributed by atoms with Gasteiger partial charge in [-0.25, -0.2) is 0 Å². The van der Waals surface area contributed by atoms with Crippen LogP contribution in [-0.4, -0.2) is 43.7 Å². The molecule has 0 aliphatic heterocycles. The number of amides is 1. The molecule has 5 nitrogen and oxygen atoms in total. The van der Waals surface area contributed by atoms with E-state index in [-0.39, 0.29) is 0 Å². The largest absolute Gasteiger partial charge is 0.368 e. The maximum atomic E-state index is 10.8. The first-order valence-corrected chi connectivity index (χ1v) is 4.83. The zero-order valence-corrected chi connectivity index (χ0v) is 9.53. The van der Waals surface area contributed by atoms with E-state index in [0.717, 1.165) is 13.0 Å². The van der Waals surface area contributed by atoms with E-state index in [9.17, 15) is 4.79 Å². The molecule has 0 aromatic rings. The van der Waals surface area contributed by atoms with Gasteiger partial charge in [0.05, 0.1) is 6.07 Å². The van der Waals surface area contributed by atoms with Crippen molar-refractivity contribution in [3.05, 3.63) is 0 Å². The molecule has 0 saturated carbocycles. The first-order valence-electron chi connectivity index (χ1n) is 4.83. The van der Waals surface area contributed by atoms with Gasteiger partial charge < -0.3 is 10.6 Å². The first-order chi connectivity index (χ1) is 6.99. The van der Waals surface area contributed by atoms with Crippen LogP contribution in [0, 0.1) is 17.2 Å². The van der Waals surface area contributed by atoms with E-state index >= 15 is 0 Å². The van der Waals surface area contributed by atoms with Crippen LogP contribution in [0.3, 0.4) is 0 Å². The van der Waals surface area contributed by atoms with Crippen LogP contribution in [0.1, 0.15) is 13.3 Å². The quantitative estimate of drug-likeness (QED) is 0.495. The minimum atomic E-state index is -0.885. The first kappa shape index (κ1) is 13.6. The molecule has 1 amide bonds. The third-order valence-electron chi connectivity index (χ3n) is 1.96. The third-order valence-corrected chi connectivity index (χ3v) is 1.96. The van der Waals surface area contributed by atoms with Gasteiger partial charge in [0.15, 0.2) is 5.92 Å². The molecule has 0 fully saturated rings. The average molecular weight is 210 g/mol. The molecule has 0 spiro atoms. The molecule has 0 bridgehead atoms. The van der Waals surface area contributed by atoms with Gasteiger partial charge in [-0.15, -0.1) is 0 Å². The molecule has 0 radical (unpaired) electrons. The number of hydrogen-bond donors (Lipinski definition) is 1. The number of nitrogens with two attached hydrogens (primary N) is 1. The van der Waals surface area contributed by atoms with Crippen molar-refractivity contribution in [3.8, 4) is 6.07 Å². The standard InChI is InChI=1S/C10H18N4O/c1-8(9(7-11)10(12)15)13-5-4-6-14(2)3/h9H,4-6H2,1-3H3,(H2,12,15). The fourth-order valence-corrected chi connectivity index (χ4v) is 1.10. The van der Waals surface area contributed by atoms with Gasteiger partial charge in [0.2, 0.25) is 5.91 Å². The van der Waals surface area contributed by atoms with Crippen molar-refractivity contribution in [1.82, 2.24) is 4.90 Å². The molecule has 0 aromatic heterocycles. The molecule has 0 aliphatic carbocycles. The molecule has 1 atom stereocenters. The molecule has 0 saturated heterocycles. The molecule has 0 aliphatic rings. The fraction of sp³-hybridized carbons (Fsp3) is 0.700. The molecular formula is C10H18N4O. The van der Waals surface area contributed by atoms with Gasteiger partial charge in [0.25, 0.3) is 0 Å². The number of nitrogens with zero attached hydrogens (tertiary/aromatic N) is 3. The normalized spacial score (nSPS) is 13.7. The van der Waals surface area contributed by atoms with E-state index in [1.165, 1.54) is 0 Å². The molecular weight excluding hydrogens is 192 g/mol. The smallest absolute Gasteiger partial charge is 0.240 e. The second kappa shape index (κ2) is 6.96. The number of carbonyl (C=O) groups excluding carboxylic acids is 1. The second-order valence-corrected chi connectivity index (χ2v) is 3.64. The fourth-order valence-electron chi connectivity index (χ4n) is 1.10. The maximum Gasteiger partial charge on any atom is 0.240 e. The third kappa shape index (κ3) is 5.81. The van der Waals surface area contributed by atoms with Gasteiger partial charge in [0.1, 0.15) is 0 Å². The predicted octanol–water partition coefficient (Wildman–Crippen LogP) is 0.0241. The summed E-state index contributed by atoms with van der Waals surface area (Å²) in [4.78, 5) is 17.0. The highest BCUT2D eigenvalue weighted by Crippen LogP contribution is 1.98. The summed E-state index contributed by atoms with van der Waals surface area (Å²) < 4.78 is 0. The monoisotopic (exact) mass is 210 g/mol. The highest BCUT2D eigenvalue weighted by molar-refractivity contribution is 6.04. The van der Waals surface area contributed by atoms with E-state index < -0.39 is 11.8 Å². The van der Waals surface area contributed by atoms with Crippen molar-refractivity contribution < 1.29 is 4.79 Å². The lowest BCUT2D eigenvalue weighted by atomic mass is 10.1.